The third kappa shape index (κ3) is 5.14. The molecule has 0 radical (unpaired) electrons. The minimum atomic E-state index is -0.133. The number of amides is 1. The highest BCUT2D eigenvalue weighted by molar-refractivity contribution is 5.90. The lowest BCUT2D eigenvalue weighted by atomic mass is 10.2. The standard InChI is InChI=1S/C18H20N2O3/c1-3-9-23-17-8-7-14(18(22)11-17)12-19-15-5-4-6-16(10-15)20-13(2)21/h4-8,10-12,22H,3,9H2,1-2H3,(H,20,21). The summed E-state index contributed by atoms with van der Waals surface area (Å²) >= 11 is 0. The van der Waals surface area contributed by atoms with Crippen LogP contribution in [-0.4, -0.2) is 23.8 Å². The Labute approximate surface area is 135 Å². The average molecular weight is 312 g/mol. The Morgan fingerprint density at radius 3 is 2.83 bits per heavy atom. The number of aromatic hydroxyl groups is 1. The van der Waals surface area contributed by atoms with Crippen LogP contribution in [0.3, 0.4) is 0 Å². The van der Waals surface area contributed by atoms with Crippen molar-refractivity contribution >= 4 is 23.5 Å². The van der Waals surface area contributed by atoms with Crippen molar-refractivity contribution in [2.24, 2.45) is 4.99 Å². The van der Waals surface area contributed by atoms with Crippen LogP contribution >= 0.6 is 0 Å². The van der Waals surface area contributed by atoms with Crippen LogP contribution in [0.5, 0.6) is 11.5 Å². The molecule has 2 aromatic carbocycles. The summed E-state index contributed by atoms with van der Waals surface area (Å²) in [6.45, 7) is 4.09. The minimum Gasteiger partial charge on any atom is -0.507 e. The molecule has 2 rings (SSSR count). The number of benzene rings is 2. The number of anilines is 1. The summed E-state index contributed by atoms with van der Waals surface area (Å²) in [5, 5.41) is 12.7. The lowest BCUT2D eigenvalue weighted by Gasteiger charge is -2.06. The first-order valence-electron chi connectivity index (χ1n) is 7.46. The molecule has 0 heterocycles. The molecule has 0 unspecified atom stereocenters. The zero-order chi connectivity index (χ0) is 16.7. The highest BCUT2D eigenvalue weighted by Crippen LogP contribution is 2.24. The molecule has 0 aliphatic rings. The van der Waals surface area contributed by atoms with Gasteiger partial charge in [-0.15, -0.1) is 0 Å². The summed E-state index contributed by atoms with van der Waals surface area (Å²) in [5.41, 5.74) is 1.96. The van der Waals surface area contributed by atoms with Crippen molar-refractivity contribution in [3.05, 3.63) is 48.0 Å². The fraction of sp³-hybridized carbons (Fsp3) is 0.222. The van der Waals surface area contributed by atoms with E-state index < -0.39 is 0 Å². The lowest BCUT2D eigenvalue weighted by molar-refractivity contribution is -0.114. The van der Waals surface area contributed by atoms with Crippen molar-refractivity contribution in [2.45, 2.75) is 20.3 Å². The van der Waals surface area contributed by atoms with E-state index >= 15 is 0 Å². The van der Waals surface area contributed by atoms with Gasteiger partial charge in [0.05, 0.1) is 12.3 Å². The Morgan fingerprint density at radius 1 is 1.30 bits per heavy atom. The van der Waals surface area contributed by atoms with E-state index in [1.165, 1.54) is 6.92 Å². The Bertz CT molecular complexity index is 711. The number of ether oxygens (including phenoxy) is 1. The molecule has 0 aliphatic heterocycles. The monoisotopic (exact) mass is 312 g/mol. The van der Waals surface area contributed by atoms with Gasteiger partial charge in [0.2, 0.25) is 5.91 Å². The maximum atomic E-state index is 11.1. The van der Waals surface area contributed by atoms with Gasteiger partial charge >= 0.3 is 0 Å². The molecule has 2 N–H and O–H groups in total. The SMILES string of the molecule is CCCOc1ccc(C=Nc2cccc(NC(C)=O)c2)c(O)c1. The Morgan fingerprint density at radius 2 is 2.13 bits per heavy atom. The van der Waals surface area contributed by atoms with Crippen LogP contribution in [0.15, 0.2) is 47.5 Å². The summed E-state index contributed by atoms with van der Waals surface area (Å²) in [7, 11) is 0. The van der Waals surface area contributed by atoms with Gasteiger partial charge in [-0.1, -0.05) is 13.0 Å². The van der Waals surface area contributed by atoms with E-state index in [0.717, 1.165) is 6.42 Å². The second-order valence-electron chi connectivity index (χ2n) is 5.06. The van der Waals surface area contributed by atoms with Gasteiger partial charge < -0.3 is 15.2 Å². The molecule has 120 valence electrons. The van der Waals surface area contributed by atoms with Gasteiger partial charge in [-0.25, -0.2) is 0 Å². The van der Waals surface area contributed by atoms with Crippen LogP contribution in [0.25, 0.3) is 0 Å². The molecular weight excluding hydrogens is 292 g/mol. The highest BCUT2D eigenvalue weighted by atomic mass is 16.5. The molecule has 0 fully saturated rings. The minimum absolute atomic E-state index is 0.111. The van der Waals surface area contributed by atoms with Crippen LogP contribution in [0.4, 0.5) is 11.4 Å². The largest absolute Gasteiger partial charge is 0.507 e. The van der Waals surface area contributed by atoms with E-state index in [2.05, 4.69) is 10.3 Å². The molecule has 0 spiro atoms. The third-order valence-corrected chi connectivity index (χ3v) is 2.99. The predicted octanol–water partition coefficient (Wildman–Crippen LogP) is 3.89. The molecular formula is C18H20N2O3. The maximum Gasteiger partial charge on any atom is 0.221 e. The number of carbonyl (C=O) groups excluding carboxylic acids is 1. The van der Waals surface area contributed by atoms with Gasteiger partial charge in [-0.05, 0) is 36.8 Å². The normalized spacial score (nSPS) is 10.7. The summed E-state index contributed by atoms with van der Waals surface area (Å²) in [6.07, 6.45) is 2.49. The van der Waals surface area contributed by atoms with Crippen LogP contribution in [-0.2, 0) is 4.79 Å². The predicted molar refractivity (Wildman–Crippen MR) is 91.9 cm³/mol. The Kier molecular flexibility index (Phi) is 5.74. The Hall–Kier alpha value is -2.82. The quantitative estimate of drug-likeness (QED) is 0.795. The van der Waals surface area contributed by atoms with Gasteiger partial charge in [0, 0.05) is 30.5 Å². The number of rotatable bonds is 6. The second-order valence-corrected chi connectivity index (χ2v) is 5.06. The van der Waals surface area contributed by atoms with Gasteiger partial charge in [0.1, 0.15) is 11.5 Å². The van der Waals surface area contributed by atoms with E-state index in [1.807, 2.05) is 13.0 Å². The number of hydrogen-bond donors (Lipinski definition) is 2. The van der Waals surface area contributed by atoms with E-state index in [0.29, 0.717) is 29.3 Å². The van der Waals surface area contributed by atoms with Crippen molar-refractivity contribution in [2.75, 3.05) is 11.9 Å². The van der Waals surface area contributed by atoms with Gasteiger partial charge in [0.15, 0.2) is 0 Å². The number of aliphatic imine (C=N–C) groups is 1. The summed E-state index contributed by atoms with van der Waals surface area (Å²) in [4.78, 5) is 15.4. The summed E-state index contributed by atoms with van der Waals surface area (Å²) in [5.74, 6) is 0.612. The maximum absolute atomic E-state index is 11.1. The fourth-order valence-electron chi connectivity index (χ4n) is 1.95. The van der Waals surface area contributed by atoms with Crippen molar-refractivity contribution in [3.63, 3.8) is 0 Å². The fourth-order valence-corrected chi connectivity index (χ4v) is 1.95. The number of nitrogens with one attached hydrogen (secondary N) is 1. The molecule has 2 aromatic rings. The van der Waals surface area contributed by atoms with Gasteiger partial charge in [0.25, 0.3) is 0 Å². The van der Waals surface area contributed by atoms with Crippen LogP contribution in [0.1, 0.15) is 25.8 Å². The van der Waals surface area contributed by atoms with Crippen molar-refractivity contribution in [1.29, 1.82) is 0 Å². The first-order chi connectivity index (χ1) is 11.1. The van der Waals surface area contributed by atoms with E-state index in [9.17, 15) is 9.90 Å². The molecule has 5 heteroatoms. The number of nitrogens with zero attached hydrogens (tertiary/aromatic N) is 1. The molecule has 5 nitrogen and oxygen atoms in total. The number of hydrogen-bond acceptors (Lipinski definition) is 4. The lowest BCUT2D eigenvalue weighted by Crippen LogP contribution is -2.05. The molecule has 0 aromatic heterocycles. The van der Waals surface area contributed by atoms with E-state index in [-0.39, 0.29) is 11.7 Å². The topological polar surface area (TPSA) is 70.9 Å². The number of phenols is 1. The van der Waals surface area contributed by atoms with Crippen LogP contribution in [0.2, 0.25) is 0 Å². The van der Waals surface area contributed by atoms with Gasteiger partial charge in [-0.2, -0.15) is 0 Å². The smallest absolute Gasteiger partial charge is 0.221 e. The highest BCUT2D eigenvalue weighted by Gasteiger charge is 2.02. The summed E-state index contributed by atoms with van der Waals surface area (Å²) in [6, 6.07) is 12.3. The average Bonchev–Trinajstić information content (AvgIpc) is 2.51. The van der Waals surface area contributed by atoms with Gasteiger partial charge in [-0.3, -0.25) is 9.79 Å². The molecule has 0 aliphatic carbocycles. The molecule has 23 heavy (non-hydrogen) atoms. The van der Waals surface area contributed by atoms with E-state index in [4.69, 9.17) is 4.74 Å². The van der Waals surface area contributed by atoms with Crippen LogP contribution < -0.4 is 10.1 Å². The molecule has 0 bridgehead atoms. The molecule has 0 saturated carbocycles. The zero-order valence-electron chi connectivity index (χ0n) is 13.2. The number of phenolic OH excluding ortho intramolecular Hbond substituents is 1. The third-order valence-electron chi connectivity index (χ3n) is 2.99. The first-order valence-corrected chi connectivity index (χ1v) is 7.46. The van der Waals surface area contributed by atoms with Crippen LogP contribution in [0, 0.1) is 0 Å². The van der Waals surface area contributed by atoms with E-state index in [1.54, 1.807) is 42.6 Å². The summed E-state index contributed by atoms with van der Waals surface area (Å²) < 4.78 is 5.46. The van der Waals surface area contributed by atoms with Crippen molar-refractivity contribution in [3.8, 4) is 11.5 Å². The van der Waals surface area contributed by atoms with Crippen molar-refractivity contribution < 1.29 is 14.6 Å². The number of carbonyl (C=O) groups is 1. The Balaban J connectivity index is 2.12. The molecule has 0 atom stereocenters. The zero-order valence-corrected chi connectivity index (χ0v) is 13.2. The molecule has 0 saturated heterocycles. The molecule has 1 amide bonds. The van der Waals surface area contributed by atoms with Crippen molar-refractivity contribution in [1.82, 2.24) is 0 Å². The second kappa shape index (κ2) is 7.98. The first kappa shape index (κ1) is 16.5.